The van der Waals surface area contributed by atoms with E-state index in [4.69, 9.17) is 21.1 Å². The molecule has 0 saturated heterocycles. The van der Waals surface area contributed by atoms with Crippen LogP contribution in [0.2, 0.25) is 5.02 Å². The number of rotatable bonds is 5. The number of halogens is 1. The maximum absolute atomic E-state index is 12.1. The number of ether oxygens (including phenoxy) is 2. The highest BCUT2D eigenvalue weighted by molar-refractivity contribution is 6.31. The lowest BCUT2D eigenvalue weighted by atomic mass is 10.2. The molecule has 0 radical (unpaired) electrons. The summed E-state index contributed by atoms with van der Waals surface area (Å²) >= 11 is 5.86. The molecule has 0 saturated carbocycles. The third kappa shape index (κ3) is 3.53. The second-order valence-electron chi connectivity index (χ2n) is 5.05. The summed E-state index contributed by atoms with van der Waals surface area (Å²) in [6.07, 6.45) is 0. The summed E-state index contributed by atoms with van der Waals surface area (Å²) in [6, 6.07) is 8.98. The van der Waals surface area contributed by atoms with Gasteiger partial charge in [0.2, 0.25) is 0 Å². The molecule has 0 aliphatic heterocycles. The van der Waals surface area contributed by atoms with E-state index in [2.05, 4.69) is 9.97 Å². The summed E-state index contributed by atoms with van der Waals surface area (Å²) in [4.78, 5) is 29.5. The molecule has 0 aliphatic carbocycles. The molecule has 0 amide bonds. The summed E-state index contributed by atoms with van der Waals surface area (Å²) in [5, 5.41) is 11.9. The molecule has 0 bridgehead atoms. The zero-order valence-corrected chi connectivity index (χ0v) is 13.7. The fraction of sp³-hybridized carbons (Fsp3) is 0.125. The molecule has 0 unspecified atom stereocenters. The number of nitrogens with one attached hydrogen (secondary N) is 1. The lowest BCUT2D eigenvalue weighted by Gasteiger charge is -2.08. The van der Waals surface area contributed by atoms with Crippen molar-refractivity contribution in [2.24, 2.45) is 0 Å². The molecule has 128 valence electrons. The Balaban J connectivity index is 1.89. The first-order valence-electron chi connectivity index (χ1n) is 7.11. The van der Waals surface area contributed by atoms with Crippen LogP contribution in [0.3, 0.4) is 0 Å². The molecule has 0 fully saturated rings. The molecule has 2 aromatic carbocycles. The zero-order valence-electron chi connectivity index (χ0n) is 13.0. The van der Waals surface area contributed by atoms with Crippen LogP contribution in [0.1, 0.15) is 5.82 Å². The average Bonchev–Trinajstić information content (AvgIpc) is 2.60. The smallest absolute Gasteiger partial charge is 0.314 e. The van der Waals surface area contributed by atoms with Gasteiger partial charge in [0.1, 0.15) is 18.2 Å². The minimum Gasteiger partial charge on any atom is -0.496 e. The second kappa shape index (κ2) is 6.78. The van der Waals surface area contributed by atoms with Crippen molar-refractivity contribution >= 4 is 28.2 Å². The van der Waals surface area contributed by atoms with Gasteiger partial charge in [-0.15, -0.1) is 0 Å². The second-order valence-corrected chi connectivity index (χ2v) is 5.49. The predicted octanol–water partition coefficient (Wildman–Crippen LogP) is 3.07. The van der Waals surface area contributed by atoms with Crippen molar-refractivity contribution in [2.75, 3.05) is 7.11 Å². The van der Waals surface area contributed by atoms with Gasteiger partial charge >= 0.3 is 5.69 Å². The fourth-order valence-corrected chi connectivity index (χ4v) is 2.43. The molecule has 1 aromatic heterocycles. The summed E-state index contributed by atoms with van der Waals surface area (Å²) in [7, 11) is 1.41. The number of hydrogen-bond acceptors (Lipinski definition) is 6. The quantitative estimate of drug-likeness (QED) is 0.552. The van der Waals surface area contributed by atoms with Crippen LogP contribution in [0.4, 0.5) is 5.69 Å². The van der Waals surface area contributed by atoms with Crippen molar-refractivity contribution in [3.63, 3.8) is 0 Å². The Bertz CT molecular complexity index is 1020. The van der Waals surface area contributed by atoms with Crippen molar-refractivity contribution in [1.29, 1.82) is 0 Å². The van der Waals surface area contributed by atoms with Gasteiger partial charge in [-0.25, -0.2) is 4.98 Å². The first-order chi connectivity index (χ1) is 12.0. The molecule has 25 heavy (non-hydrogen) atoms. The first kappa shape index (κ1) is 16.7. The minimum atomic E-state index is -0.573. The van der Waals surface area contributed by atoms with E-state index in [1.165, 1.54) is 25.3 Å². The van der Waals surface area contributed by atoms with Crippen LogP contribution in [0.15, 0.2) is 41.2 Å². The molecular formula is C16H12ClN3O5. The van der Waals surface area contributed by atoms with Crippen molar-refractivity contribution in [3.05, 3.63) is 67.7 Å². The van der Waals surface area contributed by atoms with Crippen LogP contribution >= 0.6 is 11.6 Å². The van der Waals surface area contributed by atoms with Crippen molar-refractivity contribution in [3.8, 4) is 11.5 Å². The van der Waals surface area contributed by atoms with E-state index >= 15 is 0 Å². The van der Waals surface area contributed by atoms with E-state index in [1.807, 2.05) is 0 Å². The van der Waals surface area contributed by atoms with Gasteiger partial charge in [-0.1, -0.05) is 11.6 Å². The van der Waals surface area contributed by atoms with Gasteiger partial charge in [-0.3, -0.25) is 14.9 Å². The predicted molar refractivity (Wildman–Crippen MR) is 91.4 cm³/mol. The van der Waals surface area contributed by atoms with Crippen molar-refractivity contribution in [2.45, 2.75) is 6.61 Å². The first-order valence-corrected chi connectivity index (χ1v) is 7.49. The maximum atomic E-state index is 12.1. The van der Waals surface area contributed by atoms with Crippen LogP contribution in [0, 0.1) is 10.1 Å². The fourth-order valence-electron chi connectivity index (χ4n) is 2.26. The Hall–Kier alpha value is -3.13. The minimum absolute atomic E-state index is 0.0460. The highest BCUT2D eigenvalue weighted by atomic mass is 35.5. The highest BCUT2D eigenvalue weighted by Gasteiger charge is 2.17. The number of benzene rings is 2. The number of nitro benzene ring substituents is 1. The number of fused-ring (bicyclic) bond motifs is 1. The van der Waals surface area contributed by atoms with E-state index < -0.39 is 4.92 Å². The topological polar surface area (TPSA) is 107 Å². The molecule has 0 spiro atoms. The van der Waals surface area contributed by atoms with Gasteiger partial charge < -0.3 is 14.5 Å². The Kier molecular flexibility index (Phi) is 4.53. The van der Waals surface area contributed by atoms with Gasteiger partial charge in [0, 0.05) is 5.02 Å². The normalized spacial score (nSPS) is 10.6. The van der Waals surface area contributed by atoms with E-state index in [0.717, 1.165) is 0 Å². The number of aromatic nitrogens is 2. The Morgan fingerprint density at radius 2 is 2.08 bits per heavy atom. The van der Waals surface area contributed by atoms with Crippen LogP contribution in [0.25, 0.3) is 10.9 Å². The Morgan fingerprint density at radius 1 is 1.28 bits per heavy atom. The standard InChI is InChI=1S/C16H12ClN3O5/c1-24-10-3-5-14(13(7-10)20(22)23)25-8-15-18-12-4-2-9(17)6-11(12)16(21)19-15/h2-7H,8H2,1H3,(H,18,19,21). The lowest BCUT2D eigenvalue weighted by molar-refractivity contribution is -0.386. The molecule has 3 aromatic rings. The molecular weight excluding hydrogens is 350 g/mol. The van der Waals surface area contributed by atoms with Gasteiger partial charge in [0.25, 0.3) is 5.56 Å². The number of hydrogen-bond donors (Lipinski definition) is 1. The van der Waals surface area contributed by atoms with E-state index in [0.29, 0.717) is 21.7 Å². The summed E-state index contributed by atoms with van der Waals surface area (Å²) in [5.74, 6) is 0.628. The molecule has 9 heteroatoms. The molecule has 1 N–H and O–H groups in total. The third-order valence-corrected chi connectivity index (χ3v) is 3.68. The highest BCUT2D eigenvalue weighted by Crippen LogP contribution is 2.31. The Morgan fingerprint density at radius 3 is 2.80 bits per heavy atom. The van der Waals surface area contributed by atoms with Crippen LogP contribution in [0.5, 0.6) is 11.5 Å². The summed E-state index contributed by atoms with van der Waals surface area (Å²) in [5.41, 5.74) is -0.152. The Labute approximate surface area is 146 Å². The average molecular weight is 362 g/mol. The molecule has 0 atom stereocenters. The number of aromatic amines is 1. The van der Waals surface area contributed by atoms with Crippen molar-refractivity contribution in [1.82, 2.24) is 9.97 Å². The van der Waals surface area contributed by atoms with Gasteiger partial charge in [-0.05, 0) is 30.3 Å². The van der Waals surface area contributed by atoms with E-state index in [9.17, 15) is 14.9 Å². The van der Waals surface area contributed by atoms with Crippen LogP contribution in [-0.4, -0.2) is 22.0 Å². The number of nitro groups is 1. The van der Waals surface area contributed by atoms with Gasteiger partial charge in [0.05, 0.1) is 29.0 Å². The number of methoxy groups -OCH3 is 1. The molecule has 0 aliphatic rings. The largest absolute Gasteiger partial charge is 0.496 e. The monoisotopic (exact) mass is 361 g/mol. The summed E-state index contributed by atoms with van der Waals surface area (Å²) in [6.45, 7) is -0.138. The molecule has 3 rings (SSSR count). The van der Waals surface area contributed by atoms with Crippen LogP contribution in [-0.2, 0) is 6.61 Å². The van der Waals surface area contributed by atoms with E-state index in [1.54, 1.807) is 18.2 Å². The third-order valence-electron chi connectivity index (χ3n) is 3.44. The summed E-state index contributed by atoms with van der Waals surface area (Å²) < 4.78 is 10.4. The molecule has 1 heterocycles. The molecule has 8 nitrogen and oxygen atoms in total. The number of nitrogens with zero attached hydrogens (tertiary/aromatic N) is 2. The maximum Gasteiger partial charge on any atom is 0.314 e. The van der Waals surface area contributed by atoms with Crippen LogP contribution < -0.4 is 15.0 Å². The number of H-pyrrole nitrogens is 1. The van der Waals surface area contributed by atoms with E-state index in [-0.39, 0.29) is 29.4 Å². The van der Waals surface area contributed by atoms with Gasteiger partial charge in [0.15, 0.2) is 5.75 Å². The van der Waals surface area contributed by atoms with Gasteiger partial charge in [-0.2, -0.15) is 0 Å². The van der Waals surface area contributed by atoms with Crippen molar-refractivity contribution < 1.29 is 14.4 Å². The zero-order chi connectivity index (χ0) is 18.0. The lowest BCUT2D eigenvalue weighted by Crippen LogP contribution is -2.13. The SMILES string of the molecule is COc1ccc(OCc2nc3ccc(Cl)cc3c(=O)[nH]2)c([N+](=O)[O-])c1.